The molecule has 0 spiro atoms. The Balaban J connectivity index is 0.000000697. The van der Waals surface area contributed by atoms with E-state index in [0.29, 0.717) is 11.7 Å². The Morgan fingerprint density at radius 3 is 2.24 bits per heavy atom. The molecule has 0 aliphatic carbocycles. The van der Waals surface area contributed by atoms with E-state index in [4.69, 9.17) is 15.2 Å². The lowest BCUT2D eigenvalue weighted by Gasteiger charge is -2.29. The van der Waals surface area contributed by atoms with Gasteiger partial charge in [0.25, 0.3) is 0 Å². The van der Waals surface area contributed by atoms with Gasteiger partial charge in [0.15, 0.2) is 5.82 Å². The lowest BCUT2D eigenvalue weighted by Crippen LogP contribution is -2.34. The zero-order valence-corrected chi connectivity index (χ0v) is 27.8. The molecule has 1 aliphatic rings. The number of carbonyl (C=O) groups excluding carboxylic acids is 3. The average Bonchev–Trinajstić information content (AvgIpc) is 3.48. The van der Waals surface area contributed by atoms with Crippen LogP contribution in [0.2, 0.25) is 0 Å². The maximum absolute atomic E-state index is 11.1. The fraction of sp³-hybridized carbons (Fsp3) is 0.562. The molecular formula is C32H49IN4O4. The van der Waals surface area contributed by atoms with Gasteiger partial charge in [0.05, 0.1) is 5.92 Å². The highest BCUT2D eigenvalue weighted by Gasteiger charge is 2.24. The first kappa shape index (κ1) is 38.5. The number of nitrogens with zero attached hydrogens (tertiary/aromatic N) is 3. The lowest BCUT2D eigenvalue weighted by molar-refractivity contribution is -0.111. The minimum Gasteiger partial charge on any atom is -0.358 e. The molecule has 0 bridgehead atoms. The predicted molar refractivity (Wildman–Crippen MR) is 176 cm³/mol. The fourth-order valence-corrected chi connectivity index (χ4v) is 4.42. The molecular weight excluding hydrogens is 631 g/mol. The molecule has 2 atom stereocenters. The van der Waals surface area contributed by atoms with Crippen LogP contribution < -0.4 is 10.7 Å². The van der Waals surface area contributed by atoms with Gasteiger partial charge in [-0.25, -0.2) is 0 Å². The monoisotopic (exact) mass is 680 g/mol. The van der Waals surface area contributed by atoms with Crippen LogP contribution in [0, 0.1) is 23.7 Å². The number of aldehydes is 2. The van der Waals surface area contributed by atoms with Crippen LogP contribution in [-0.2, 0) is 14.4 Å². The van der Waals surface area contributed by atoms with Crippen molar-refractivity contribution in [1.82, 2.24) is 10.2 Å². The number of unbranched alkanes of at least 4 members (excludes halogenated alkanes) is 1. The summed E-state index contributed by atoms with van der Waals surface area (Å²) >= 11 is 2.15. The minimum absolute atomic E-state index is 0.168. The molecule has 41 heavy (non-hydrogen) atoms. The van der Waals surface area contributed by atoms with Crippen molar-refractivity contribution >= 4 is 47.8 Å². The van der Waals surface area contributed by atoms with E-state index >= 15 is 0 Å². The summed E-state index contributed by atoms with van der Waals surface area (Å²) in [6, 6.07) is 10.4. The summed E-state index contributed by atoms with van der Waals surface area (Å²) in [6.45, 7) is 12.7. The molecule has 1 fully saturated rings. The van der Waals surface area contributed by atoms with Gasteiger partial charge in [-0.1, -0.05) is 73.0 Å². The third-order valence-electron chi connectivity index (χ3n) is 6.91. The molecule has 2 heterocycles. The van der Waals surface area contributed by atoms with E-state index < -0.39 is 0 Å². The molecule has 0 radical (unpaired) electrons. The van der Waals surface area contributed by atoms with E-state index in [2.05, 4.69) is 75.7 Å². The summed E-state index contributed by atoms with van der Waals surface area (Å²) in [4.78, 5) is 33.9. The van der Waals surface area contributed by atoms with Gasteiger partial charge in [0.1, 0.15) is 25.1 Å². The summed E-state index contributed by atoms with van der Waals surface area (Å²) < 4.78 is 5.29. The molecule has 0 saturated carbocycles. The number of carbonyl (C=O) groups is 3. The van der Waals surface area contributed by atoms with Crippen LogP contribution in [0.5, 0.6) is 0 Å². The largest absolute Gasteiger partial charge is 0.358 e. The molecule has 1 aliphatic heterocycles. The predicted octanol–water partition coefficient (Wildman–Crippen LogP) is 6.03. The first-order valence-electron chi connectivity index (χ1n) is 14.1. The second-order valence-corrected chi connectivity index (χ2v) is 10.3. The van der Waals surface area contributed by atoms with Crippen molar-refractivity contribution in [3.05, 3.63) is 47.2 Å². The number of aromatic nitrogens is 1. The maximum Gasteiger partial charge on any atom is 0.172 e. The molecule has 8 nitrogen and oxygen atoms in total. The van der Waals surface area contributed by atoms with Crippen LogP contribution in [0.15, 0.2) is 34.9 Å². The summed E-state index contributed by atoms with van der Waals surface area (Å²) in [5.74, 6) is 13.7. The van der Waals surface area contributed by atoms with E-state index in [9.17, 15) is 9.59 Å². The minimum atomic E-state index is -0.242. The van der Waals surface area contributed by atoms with E-state index in [1.807, 2.05) is 45.6 Å². The topological polar surface area (TPSA) is 110 Å². The highest BCUT2D eigenvalue weighted by atomic mass is 127. The average molecular weight is 681 g/mol. The summed E-state index contributed by atoms with van der Waals surface area (Å²) in [5.41, 5.74) is 2.50. The Morgan fingerprint density at radius 2 is 1.76 bits per heavy atom. The van der Waals surface area contributed by atoms with Gasteiger partial charge in [-0.3, -0.25) is 10.9 Å². The normalized spacial score (nSPS) is 14.1. The van der Waals surface area contributed by atoms with Gasteiger partial charge in [0, 0.05) is 44.2 Å². The molecule has 1 aromatic heterocycles. The van der Waals surface area contributed by atoms with E-state index in [1.165, 1.54) is 18.4 Å². The number of rotatable bonds is 11. The van der Waals surface area contributed by atoms with Crippen LogP contribution in [0.3, 0.4) is 0 Å². The Labute approximate surface area is 260 Å². The molecule has 2 unspecified atom stereocenters. The zero-order chi connectivity index (χ0) is 31.2. The number of anilines is 1. The molecule has 3 rings (SSSR count). The van der Waals surface area contributed by atoms with E-state index in [-0.39, 0.29) is 17.8 Å². The number of hydrogen-bond donors (Lipinski definition) is 1. The third-order valence-corrected chi connectivity index (χ3v) is 6.91. The standard InChI is InChI=1S/C16H24N2.C14H20N2O3.CH3I.CH2O/c1-4-7-15-9-11-16(12-10-15)14(2)8-5-6-13-18(3)17;1-10(2)12(9-18)13-7-14(15-19-13)16-5-3-11(8-17)4-6-16;2*1-2/h9-12,14H,5-6,8,13,17H2,1-3H3;7-12H,3-6H2,1-2H3;1H3;1H2. The highest BCUT2D eigenvalue weighted by molar-refractivity contribution is 14.1. The Kier molecular flexibility index (Phi) is 21.6. The van der Waals surface area contributed by atoms with Gasteiger partial charge in [-0.05, 0) is 67.1 Å². The second-order valence-electron chi connectivity index (χ2n) is 10.3. The molecule has 0 amide bonds. The van der Waals surface area contributed by atoms with E-state index in [0.717, 1.165) is 62.9 Å². The van der Waals surface area contributed by atoms with Crippen LogP contribution >= 0.6 is 22.6 Å². The fourth-order valence-electron chi connectivity index (χ4n) is 4.42. The van der Waals surface area contributed by atoms with Crippen molar-refractivity contribution in [2.75, 3.05) is 36.5 Å². The number of benzene rings is 1. The van der Waals surface area contributed by atoms with Gasteiger partial charge in [-0.15, -0.1) is 5.92 Å². The van der Waals surface area contributed by atoms with Crippen molar-refractivity contribution in [3.8, 4) is 11.8 Å². The highest BCUT2D eigenvalue weighted by Crippen LogP contribution is 2.28. The SMILES string of the molecule is C=O.CC#Cc1ccc(C(C)CCCCN(C)N)cc1.CC(C)C(C=O)c1cc(N2CCC(C=O)CC2)no1.CI. The zero-order valence-electron chi connectivity index (χ0n) is 25.6. The Bertz CT molecular complexity index is 1020. The molecule has 9 heteroatoms. The van der Waals surface area contributed by atoms with Crippen molar-refractivity contribution in [1.29, 1.82) is 0 Å². The van der Waals surface area contributed by atoms with Crippen molar-refractivity contribution in [3.63, 3.8) is 0 Å². The van der Waals surface area contributed by atoms with E-state index in [1.54, 1.807) is 5.01 Å². The molecule has 2 aromatic rings. The molecule has 228 valence electrons. The summed E-state index contributed by atoms with van der Waals surface area (Å²) in [5, 5.41) is 5.80. The smallest absolute Gasteiger partial charge is 0.172 e. The third kappa shape index (κ3) is 14.8. The lowest BCUT2D eigenvalue weighted by atomic mass is 9.94. The molecule has 2 N–H and O–H groups in total. The van der Waals surface area contributed by atoms with Crippen molar-refractivity contribution < 1.29 is 18.9 Å². The van der Waals surface area contributed by atoms with Gasteiger partial charge >= 0.3 is 0 Å². The Morgan fingerprint density at radius 1 is 1.15 bits per heavy atom. The first-order chi connectivity index (χ1) is 19.8. The molecule has 1 aromatic carbocycles. The van der Waals surface area contributed by atoms with Gasteiger partial charge in [-0.2, -0.15) is 0 Å². The van der Waals surface area contributed by atoms with Crippen molar-refractivity contribution in [2.45, 2.75) is 71.6 Å². The Hall–Kier alpha value is -2.55. The summed E-state index contributed by atoms with van der Waals surface area (Å²) in [7, 11) is 1.91. The summed E-state index contributed by atoms with van der Waals surface area (Å²) in [6.07, 6.45) is 7.25. The number of alkyl halides is 1. The van der Waals surface area contributed by atoms with Crippen LogP contribution in [0.4, 0.5) is 5.82 Å². The van der Waals surface area contributed by atoms with Gasteiger partial charge < -0.3 is 23.8 Å². The maximum atomic E-state index is 11.1. The second kappa shape index (κ2) is 23.1. The van der Waals surface area contributed by atoms with Crippen LogP contribution in [0.25, 0.3) is 0 Å². The number of hydrazine groups is 1. The number of hydrogen-bond acceptors (Lipinski definition) is 8. The first-order valence-corrected chi connectivity index (χ1v) is 16.2. The van der Waals surface area contributed by atoms with Crippen molar-refractivity contribution in [2.24, 2.45) is 17.7 Å². The quantitative estimate of drug-likeness (QED) is 0.0583. The van der Waals surface area contributed by atoms with Crippen LogP contribution in [0.1, 0.15) is 88.5 Å². The van der Waals surface area contributed by atoms with Gasteiger partial charge in [0.2, 0.25) is 0 Å². The number of halogens is 1. The number of piperidine rings is 1. The molecule has 1 saturated heterocycles. The number of nitrogens with two attached hydrogens (primary N) is 1. The van der Waals surface area contributed by atoms with Crippen LogP contribution in [-0.4, -0.2) is 61.1 Å².